The number of aromatic nitrogens is 3. The van der Waals surface area contributed by atoms with Gasteiger partial charge in [-0.15, -0.1) is 5.10 Å². The Kier molecular flexibility index (Phi) is 2.28. The molecule has 1 heterocycles. The molecule has 1 aromatic rings. The van der Waals surface area contributed by atoms with Crippen molar-refractivity contribution >= 4 is 0 Å². The van der Waals surface area contributed by atoms with Crippen molar-refractivity contribution in [3.05, 3.63) is 17.7 Å². The average molecular weight is 138 g/mol. The first kappa shape index (κ1) is 7.08. The summed E-state index contributed by atoms with van der Waals surface area (Å²) in [4.78, 5) is 4.01. The second-order valence-electron chi connectivity index (χ2n) is 2.03. The SMILES string of the molecule is Cc1nncnc1CCN. The predicted octanol–water partition coefficient (Wildman–Crippen LogP) is -0.319. The fraction of sp³-hybridized carbons (Fsp3) is 0.500. The van der Waals surface area contributed by atoms with Gasteiger partial charge in [-0.25, -0.2) is 4.98 Å². The van der Waals surface area contributed by atoms with Crippen molar-refractivity contribution < 1.29 is 0 Å². The fourth-order valence-electron chi connectivity index (χ4n) is 0.741. The molecule has 0 unspecified atom stereocenters. The molecule has 1 rings (SSSR count). The number of aryl methyl sites for hydroxylation is 1. The third kappa shape index (κ3) is 1.48. The van der Waals surface area contributed by atoms with Crippen LogP contribution in [0.5, 0.6) is 0 Å². The van der Waals surface area contributed by atoms with Crippen molar-refractivity contribution in [1.82, 2.24) is 15.2 Å². The smallest absolute Gasteiger partial charge is 0.138 e. The van der Waals surface area contributed by atoms with Crippen molar-refractivity contribution in [2.75, 3.05) is 6.54 Å². The lowest BCUT2D eigenvalue weighted by atomic mass is 10.2. The highest BCUT2D eigenvalue weighted by Crippen LogP contribution is 1.96. The Hall–Kier alpha value is -1.03. The van der Waals surface area contributed by atoms with Gasteiger partial charge in [0.05, 0.1) is 11.4 Å². The van der Waals surface area contributed by atoms with Gasteiger partial charge >= 0.3 is 0 Å². The second kappa shape index (κ2) is 3.22. The normalized spacial score (nSPS) is 9.80. The van der Waals surface area contributed by atoms with Crippen LogP contribution in [0.4, 0.5) is 0 Å². The molecular formula is C6H10N4. The Labute approximate surface area is 59.5 Å². The standard InChI is InChI=1S/C6H10N4/c1-5-6(2-3-7)8-4-9-10-5/h4H,2-3,7H2,1H3. The largest absolute Gasteiger partial charge is 0.330 e. The van der Waals surface area contributed by atoms with Gasteiger partial charge in [-0.1, -0.05) is 0 Å². The number of hydrogen-bond acceptors (Lipinski definition) is 4. The van der Waals surface area contributed by atoms with E-state index in [0.29, 0.717) is 6.54 Å². The minimum absolute atomic E-state index is 0.611. The molecule has 0 saturated carbocycles. The molecule has 2 N–H and O–H groups in total. The van der Waals surface area contributed by atoms with E-state index < -0.39 is 0 Å². The molecule has 10 heavy (non-hydrogen) atoms. The molecular weight excluding hydrogens is 128 g/mol. The van der Waals surface area contributed by atoms with Crippen LogP contribution in [0.3, 0.4) is 0 Å². The molecule has 0 aliphatic carbocycles. The summed E-state index contributed by atoms with van der Waals surface area (Å²) in [5, 5.41) is 7.45. The Bertz CT molecular complexity index is 211. The van der Waals surface area contributed by atoms with Gasteiger partial charge in [0.1, 0.15) is 6.33 Å². The summed E-state index contributed by atoms with van der Waals surface area (Å²) in [5.74, 6) is 0. The maximum atomic E-state index is 5.34. The molecule has 0 aliphatic heterocycles. The van der Waals surface area contributed by atoms with Gasteiger partial charge in [-0.05, 0) is 13.5 Å². The Morgan fingerprint density at radius 2 is 2.40 bits per heavy atom. The van der Waals surface area contributed by atoms with E-state index in [1.165, 1.54) is 6.33 Å². The summed E-state index contributed by atoms with van der Waals surface area (Å²) in [6.45, 7) is 2.49. The summed E-state index contributed by atoms with van der Waals surface area (Å²) >= 11 is 0. The fourth-order valence-corrected chi connectivity index (χ4v) is 0.741. The molecule has 0 radical (unpaired) electrons. The first-order chi connectivity index (χ1) is 4.84. The lowest BCUT2D eigenvalue weighted by Crippen LogP contribution is -2.07. The monoisotopic (exact) mass is 138 g/mol. The highest BCUT2D eigenvalue weighted by Gasteiger charge is 1.97. The van der Waals surface area contributed by atoms with E-state index in [1.807, 2.05) is 6.92 Å². The van der Waals surface area contributed by atoms with Crippen molar-refractivity contribution in [3.8, 4) is 0 Å². The lowest BCUT2D eigenvalue weighted by molar-refractivity contribution is 0.829. The Morgan fingerprint density at radius 3 is 3.00 bits per heavy atom. The highest BCUT2D eigenvalue weighted by atomic mass is 15.1. The van der Waals surface area contributed by atoms with Crippen LogP contribution in [0.1, 0.15) is 11.4 Å². The third-order valence-electron chi connectivity index (χ3n) is 1.27. The summed E-state index contributed by atoms with van der Waals surface area (Å²) in [6, 6.07) is 0. The molecule has 0 amide bonds. The van der Waals surface area contributed by atoms with Gasteiger partial charge in [0.25, 0.3) is 0 Å². The topological polar surface area (TPSA) is 64.7 Å². The molecule has 0 saturated heterocycles. The van der Waals surface area contributed by atoms with Crippen LogP contribution in [0.2, 0.25) is 0 Å². The molecule has 0 fully saturated rings. The molecule has 0 aliphatic rings. The van der Waals surface area contributed by atoms with Gasteiger partial charge in [-0.3, -0.25) is 0 Å². The first-order valence-electron chi connectivity index (χ1n) is 3.18. The van der Waals surface area contributed by atoms with E-state index in [9.17, 15) is 0 Å². The lowest BCUT2D eigenvalue weighted by Gasteiger charge is -1.97. The Morgan fingerprint density at radius 1 is 1.60 bits per heavy atom. The number of rotatable bonds is 2. The van der Waals surface area contributed by atoms with E-state index in [-0.39, 0.29) is 0 Å². The highest BCUT2D eigenvalue weighted by molar-refractivity contribution is 5.05. The second-order valence-corrected chi connectivity index (χ2v) is 2.03. The summed E-state index contributed by atoms with van der Waals surface area (Å²) < 4.78 is 0. The number of nitrogens with two attached hydrogens (primary N) is 1. The van der Waals surface area contributed by atoms with E-state index in [1.54, 1.807) is 0 Å². The van der Waals surface area contributed by atoms with Crippen molar-refractivity contribution in [2.45, 2.75) is 13.3 Å². The summed E-state index contributed by atoms with van der Waals surface area (Å²) in [5.41, 5.74) is 7.15. The van der Waals surface area contributed by atoms with Crippen LogP contribution in [0.25, 0.3) is 0 Å². The van der Waals surface area contributed by atoms with Crippen molar-refractivity contribution in [3.63, 3.8) is 0 Å². The van der Waals surface area contributed by atoms with E-state index in [2.05, 4.69) is 15.2 Å². The number of nitrogens with zero attached hydrogens (tertiary/aromatic N) is 3. The van der Waals surface area contributed by atoms with Crippen LogP contribution in [0, 0.1) is 6.92 Å². The van der Waals surface area contributed by atoms with Gasteiger partial charge in [0.15, 0.2) is 0 Å². The predicted molar refractivity (Wildman–Crippen MR) is 37.3 cm³/mol. The molecule has 1 aromatic heterocycles. The van der Waals surface area contributed by atoms with E-state index in [0.717, 1.165) is 17.8 Å². The maximum Gasteiger partial charge on any atom is 0.138 e. The third-order valence-corrected chi connectivity index (χ3v) is 1.27. The zero-order chi connectivity index (χ0) is 7.40. The van der Waals surface area contributed by atoms with E-state index in [4.69, 9.17) is 5.73 Å². The molecule has 4 nitrogen and oxygen atoms in total. The van der Waals surface area contributed by atoms with Crippen LogP contribution in [0.15, 0.2) is 6.33 Å². The number of hydrogen-bond donors (Lipinski definition) is 1. The van der Waals surface area contributed by atoms with E-state index >= 15 is 0 Å². The minimum Gasteiger partial charge on any atom is -0.330 e. The van der Waals surface area contributed by atoms with Crippen LogP contribution < -0.4 is 5.73 Å². The van der Waals surface area contributed by atoms with Gasteiger partial charge in [0, 0.05) is 6.42 Å². The first-order valence-corrected chi connectivity index (χ1v) is 3.18. The average Bonchev–Trinajstić information content (AvgIpc) is 1.94. The molecule has 0 atom stereocenters. The van der Waals surface area contributed by atoms with Crippen LogP contribution in [-0.4, -0.2) is 21.7 Å². The molecule has 4 heteroatoms. The van der Waals surface area contributed by atoms with Gasteiger partial charge in [0.2, 0.25) is 0 Å². The van der Waals surface area contributed by atoms with Crippen molar-refractivity contribution in [1.29, 1.82) is 0 Å². The maximum absolute atomic E-state index is 5.34. The van der Waals surface area contributed by atoms with Crippen LogP contribution in [-0.2, 0) is 6.42 Å². The quantitative estimate of drug-likeness (QED) is 0.608. The molecule has 0 bridgehead atoms. The summed E-state index contributed by atoms with van der Waals surface area (Å²) in [6.07, 6.45) is 2.22. The summed E-state index contributed by atoms with van der Waals surface area (Å²) in [7, 11) is 0. The Balaban J connectivity index is 2.81. The molecule has 0 aromatic carbocycles. The minimum atomic E-state index is 0.611. The molecule has 54 valence electrons. The zero-order valence-corrected chi connectivity index (χ0v) is 5.91. The molecule has 0 spiro atoms. The van der Waals surface area contributed by atoms with Crippen molar-refractivity contribution in [2.24, 2.45) is 5.73 Å². The van der Waals surface area contributed by atoms with Gasteiger partial charge < -0.3 is 5.73 Å². The zero-order valence-electron chi connectivity index (χ0n) is 5.91. The van der Waals surface area contributed by atoms with Gasteiger partial charge in [-0.2, -0.15) is 5.10 Å². The van der Waals surface area contributed by atoms with Crippen LogP contribution >= 0.6 is 0 Å².